The molecule has 0 aromatic heterocycles. The van der Waals surface area contributed by atoms with Gasteiger partial charge in [-0.25, -0.2) is 0 Å². The Bertz CT molecular complexity index is 458. The van der Waals surface area contributed by atoms with Crippen LogP contribution >= 0.6 is 0 Å². The molecule has 0 saturated carbocycles. The van der Waals surface area contributed by atoms with E-state index in [9.17, 15) is 0 Å². The largest absolute Gasteiger partial charge is 0.486 e. The van der Waals surface area contributed by atoms with E-state index in [4.69, 9.17) is 15.2 Å². The van der Waals surface area contributed by atoms with Crippen LogP contribution in [0, 0.1) is 0 Å². The Hall–Kier alpha value is -1.26. The maximum atomic E-state index is 6.39. The highest BCUT2D eigenvalue weighted by Crippen LogP contribution is 2.33. The molecule has 3 rings (SSSR count). The maximum absolute atomic E-state index is 6.39. The summed E-state index contributed by atoms with van der Waals surface area (Å²) in [6, 6.07) is 6.36. The molecule has 20 heavy (non-hydrogen) atoms. The Labute approximate surface area is 120 Å². The van der Waals surface area contributed by atoms with Gasteiger partial charge in [-0.3, -0.25) is 0 Å². The quantitative estimate of drug-likeness (QED) is 0.913. The van der Waals surface area contributed by atoms with Crippen molar-refractivity contribution in [3.63, 3.8) is 0 Å². The molecule has 2 aliphatic heterocycles. The number of hydrogen-bond acceptors (Lipinski definition) is 4. The van der Waals surface area contributed by atoms with Crippen molar-refractivity contribution in [1.29, 1.82) is 0 Å². The highest BCUT2D eigenvalue weighted by Gasteiger charge is 2.22. The van der Waals surface area contributed by atoms with E-state index in [2.05, 4.69) is 24.0 Å². The molecule has 4 nitrogen and oxygen atoms in total. The zero-order valence-electron chi connectivity index (χ0n) is 12.2. The van der Waals surface area contributed by atoms with Crippen molar-refractivity contribution in [2.45, 2.75) is 31.7 Å². The van der Waals surface area contributed by atoms with E-state index in [1.165, 1.54) is 31.5 Å². The van der Waals surface area contributed by atoms with Crippen LogP contribution in [0.15, 0.2) is 18.2 Å². The number of ether oxygens (including phenoxy) is 2. The predicted molar refractivity (Wildman–Crippen MR) is 79.5 cm³/mol. The van der Waals surface area contributed by atoms with E-state index in [1.54, 1.807) is 0 Å². The third-order valence-corrected chi connectivity index (χ3v) is 4.40. The fourth-order valence-corrected chi connectivity index (χ4v) is 3.01. The second kappa shape index (κ2) is 6.02. The Morgan fingerprint density at radius 3 is 2.60 bits per heavy atom. The predicted octanol–water partition coefficient (Wildman–Crippen LogP) is 1.98. The van der Waals surface area contributed by atoms with Gasteiger partial charge in [0.2, 0.25) is 0 Å². The van der Waals surface area contributed by atoms with Gasteiger partial charge < -0.3 is 20.1 Å². The monoisotopic (exact) mass is 276 g/mol. The summed E-state index contributed by atoms with van der Waals surface area (Å²) < 4.78 is 11.2. The van der Waals surface area contributed by atoms with E-state index in [0.717, 1.165) is 18.0 Å². The van der Waals surface area contributed by atoms with Crippen LogP contribution in [0.2, 0.25) is 0 Å². The molecule has 2 heterocycles. The van der Waals surface area contributed by atoms with Crippen molar-refractivity contribution in [2.75, 3.05) is 32.8 Å². The van der Waals surface area contributed by atoms with Crippen molar-refractivity contribution in [1.82, 2.24) is 4.90 Å². The van der Waals surface area contributed by atoms with E-state index in [1.807, 2.05) is 6.07 Å². The van der Waals surface area contributed by atoms with Gasteiger partial charge in [-0.05, 0) is 49.5 Å². The third kappa shape index (κ3) is 2.91. The van der Waals surface area contributed by atoms with Crippen molar-refractivity contribution >= 4 is 0 Å². The van der Waals surface area contributed by atoms with E-state index >= 15 is 0 Å². The number of hydrogen-bond donors (Lipinski definition) is 1. The van der Waals surface area contributed by atoms with Crippen LogP contribution in [0.3, 0.4) is 0 Å². The average molecular weight is 276 g/mol. The zero-order chi connectivity index (χ0) is 13.9. The van der Waals surface area contributed by atoms with Gasteiger partial charge in [-0.2, -0.15) is 0 Å². The molecular weight excluding hydrogens is 252 g/mol. The van der Waals surface area contributed by atoms with E-state index < -0.39 is 0 Å². The summed E-state index contributed by atoms with van der Waals surface area (Å²) >= 11 is 0. The molecular formula is C16H24N2O2. The van der Waals surface area contributed by atoms with Gasteiger partial charge >= 0.3 is 0 Å². The molecule has 0 aliphatic carbocycles. The molecule has 2 N–H and O–H groups in total. The van der Waals surface area contributed by atoms with Crippen molar-refractivity contribution in [3.8, 4) is 11.5 Å². The second-order valence-corrected chi connectivity index (χ2v) is 5.86. The van der Waals surface area contributed by atoms with Crippen LogP contribution in [0.5, 0.6) is 11.5 Å². The lowest BCUT2D eigenvalue weighted by atomic mass is 9.93. The zero-order valence-corrected chi connectivity index (χ0v) is 12.2. The minimum atomic E-state index is 0.163. The fraction of sp³-hybridized carbons (Fsp3) is 0.625. The molecule has 1 fully saturated rings. The number of benzene rings is 1. The first-order valence-electron chi connectivity index (χ1n) is 7.61. The van der Waals surface area contributed by atoms with Gasteiger partial charge in [0.1, 0.15) is 13.2 Å². The van der Waals surface area contributed by atoms with Gasteiger partial charge in [0.25, 0.3) is 0 Å². The summed E-state index contributed by atoms with van der Waals surface area (Å²) in [5.41, 5.74) is 7.63. The van der Waals surface area contributed by atoms with Crippen LogP contribution in [-0.4, -0.2) is 43.8 Å². The lowest BCUT2D eigenvalue weighted by Gasteiger charge is -2.26. The standard InChI is InChI=1S/C16H24N2O2/c1-12(14(17)11-18-6-2-3-7-18)13-4-5-15-16(10-13)20-9-8-19-15/h4-5,10,12,14H,2-3,6-9,11,17H2,1H3. The molecule has 2 aliphatic rings. The molecule has 1 saturated heterocycles. The fourth-order valence-electron chi connectivity index (χ4n) is 3.01. The topological polar surface area (TPSA) is 47.7 Å². The summed E-state index contributed by atoms with van der Waals surface area (Å²) in [6.45, 7) is 6.84. The molecule has 0 radical (unpaired) electrons. The summed E-state index contributed by atoms with van der Waals surface area (Å²) in [7, 11) is 0. The van der Waals surface area contributed by atoms with Crippen LogP contribution in [0.1, 0.15) is 31.2 Å². The molecule has 2 unspecified atom stereocenters. The lowest BCUT2D eigenvalue weighted by Crippen LogP contribution is -2.39. The van der Waals surface area contributed by atoms with Crippen molar-refractivity contribution in [3.05, 3.63) is 23.8 Å². The van der Waals surface area contributed by atoms with Crippen LogP contribution in [0.25, 0.3) is 0 Å². The summed E-state index contributed by atoms with van der Waals surface area (Å²) in [5, 5.41) is 0. The molecule has 4 heteroatoms. The number of likely N-dealkylation sites (tertiary alicyclic amines) is 1. The van der Waals surface area contributed by atoms with Gasteiger partial charge in [-0.15, -0.1) is 0 Å². The number of fused-ring (bicyclic) bond motifs is 1. The lowest BCUT2D eigenvalue weighted by molar-refractivity contribution is 0.171. The van der Waals surface area contributed by atoms with Crippen LogP contribution in [0.4, 0.5) is 0 Å². The molecule has 2 atom stereocenters. The number of nitrogens with zero attached hydrogens (tertiary/aromatic N) is 1. The van der Waals surface area contributed by atoms with Crippen molar-refractivity contribution < 1.29 is 9.47 Å². The molecule has 1 aromatic rings. The van der Waals surface area contributed by atoms with Crippen LogP contribution < -0.4 is 15.2 Å². The van der Waals surface area contributed by atoms with E-state index in [0.29, 0.717) is 19.1 Å². The van der Waals surface area contributed by atoms with Gasteiger partial charge in [-0.1, -0.05) is 13.0 Å². The first kappa shape index (κ1) is 13.7. The molecule has 0 amide bonds. The minimum Gasteiger partial charge on any atom is -0.486 e. The Kier molecular flexibility index (Phi) is 4.13. The summed E-state index contributed by atoms with van der Waals surface area (Å²) in [4.78, 5) is 2.47. The summed E-state index contributed by atoms with van der Waals surface area (Å²) in [5.74, 6) is 2.03. The van der Waals surface area contributed by atoms with Crippen molar-refractivity contribution in [2.24, 2.45) is 5.73 Å². The first-order valence-corrected chi connectivity index (χ1v) is 7.61. The number of rotatable bonds is 4. The number of nitrogens with two attached hydrogens (primary N) is 1. The Morgan fingerprint density at radius 1 is 1.15 bits per heavy atom. The average Bonchev–Trinajstić information content (AvgIpc) is 2.99. The maximum Gasteiger partial charge on any atom is 0.161 e. The SMILES string of the molecule is CC(c1ccc2c(c1)OCCO2)C(N)CN1CCCC1. The second-order valence-electron chi connectivity index (χ2n) is 5.86. The van der Waals surface area contributed by atoms with Gasteiger partial charge in [0, 0.05) is 12.6 Å². The smallest absolute Gasteiger partial charge is 0.161 e. The van der Waals surface area contributed by atoms with Crippen LogP contribution in [-0.2, 0) is 0 Å². The molecule has 0 spiro atoms. The normalized spacial score (nSPS) is 21.7. The summed E-state index contributed by atoms with van der Waals surface area (Å²) in [6.07, 6.45) is 2.62. The third-order valence-electron chi connectivity index (χ3n) is 4.40. The van der Waals surface area contributed by atoms with Gasteiger partial charge in [0.15, 0.2) is 11.5 Å². The Morgan fingerprint density at radius 2 is 1.85 bits per heavy atom. The molecule has 1 aromatic carbocycles. The minimum absolute atomic E-state index is 0.163. The molecule has 110 valence electrons. The highest BCUT2D eigenvalue weighted by molar-refractivity contribution is 5.45. The highest BCUT2D eigenvalue weighted by atomic mass is 16.6. The van der Waals surface area contributed by atoms with E-state index in [-0.39, 0.29) is 6.04 Å². The first-order chi connectivity index (χ1) is 9.74. The Balaban J connectivity index is 1.67. The molecule has 0 bridgehead atoms. The van der Waals surface area contributed by atoms with Gasteiger partial charge in [0.05, 0.1) is 0 Å².